The van der Waals surface area contributed by atoms with Crippen molar-refractivity contribution in [2.75, 3.05) is 11.5 Å². The molecule has 0 aromatic heterocycles. The van der Waals surface area contributed by atoms with Gasteiger partial charge in [0.2, 0.25) is 0 Å². The van der Waals surface area contributed by atoms with Gasteiger partial charge in [0.25, 0.3) is 0 Å². The van der Waals surface area contributed by atoms with Crippen molar-refractivity contribution >= 4 is 29.8 Å². The number of hydrogen-bond donors (Lipinski definition) is 0. The molecule has 1 spiro atoms. The number of thioether (sulfide) groups is 2. The fourth-order valence-electron chi connectivity index (χ4n) is 3.00. The molecule has 1 unspecified atom stereocenters. The average Bonchev–Trinajstić information content (AvgIpc) is 2.44. The van der Waals surface area contributed by atoms with E-state index in [1.807, 2.05) is 0 Å². The van der Waals surface area contributed by atoms with E-state index in [2.05, 4.69) is 30.4 Å². The third-order valence-corrected chi connectivity index (χ3v) is 7.68. The first-order chi connectivity index (χ1) is 9.30. The first-order valence-corrected chi connectivity index (χ1v) is 9.65. The molecular formula is C15H26O2S2. The molecule has 0 aromatic rings. The Hall–Kier alpha value is 0.330. The Morgan fingerprint density at radius 1 is 1.32 bits per heavy atom. The van der Waals surface area contributed by atoms with Crippen LogP contribution in [-0.2, 0) is 9.53 Å². The third kappa shape index (κ3) is 4.15. The fraction of sp³-hybridized carbons (Fsp3) is 0.933. The summed E-state index contributed by atoms with van der Waals surface area (Å²) in [5.74, 6) is 2.55. The average molecular weight is 303 g/mol. The van der Waals surface area contributed by atoms with E-state index < -0.39 is 0 Å². The minimum atomic E-state index is 0.179. The molecule has 2 nitrogen and oxygen atoms in total. The monoisotopic (exact) mass is 302 g/mol. The zero-order valence-electron chi connectivity index (χ0n) is 11.9. The Bertz CT molecular complexity index is 277. The summed E-state index contributed by atoms with van der Waals surface area (Å²) in [6.07, 6.45) is 10.7. The number of unbranched alkanes of at least 4 members (excludes halogenated alkanes) is 2. The summed E-state index contributed by atoms with van der Waals surface area (Å²) in [7, 11) is 0. The molecule has 19 heavy (non-hydrogen) atoms. The number of carbonyl (C=O) groups excluding carboxylic acids is 1. The van der Waals surface area contributed by atoms with E-state index in [1.54, 1.807) is 0 Å². The standard InChI is InChI=1S/C15H26O2S2/c1-2-3-4-6-14-15(18-11-5-12-19-15)9-7-13(17-14)8-10-16/h10,13-14H,2-9,11-12H2,1H3/t13?,14-/m1/s1. The van der Waals surface area contributed by atoms with Gasteiger partial charge in [-0.05, 0) is 37.2 Å². The Labute approximate surface area is 125 Å². The van der Waals surface area contributed by atoms with E-state index in [0.29, 0.717) is 16.6 Å². The van der Waals surface area contributed by atoms with Crippen LogP contribution >= 0.6 is 23.5 Å². The van der Waals surface area contributed by atoms with Crippen molar-refractivity contribution in [3.8, 4) is 0 Å². The van der Waals surface area contributed by atoms with Gasteiger partial charge in [0.15, 0.2) is 0 Å². The first-order valence-electron chi connectivity index (χ1n) is 7.68. The Kier molecular flexibility index (Phi) is 6.57. The number of hydrogen-bond acceptors (Lipinski definition) is 4. The van der Waals surface area contributed by atoms with Crippen molar-refractivity contribution in [2.24, 2.45) is 0 Å². The molecule has 4 heteroatoms. The van der Waals surface area contributed by atoms with Gasteiger partial charge in [0.1, 0.15) is 6.29 Å². The zero-order chi connectivity index (χ0) is 13.6. The van der Waals surface area contributed by atoms with Crippen LogP contribution in [0.5, 0.6) is 0 Å². The Balaban J connectivity index is 1.97. The van der Waals surface area contributed by atoms with Gasteiger partial charge in [-0.2, -0.15) is 0 Å². The van der Waals surface area contributed by atoms with E-state index in [1.165, 1.54) is 50.0 Å². The van der Waals surface area contributed by atoms with Gasteiger partial charge < -0.3 is 9.53 Å². The number of rotatable bonds is 6. The highest BCUT2D eigenvalue weighted by molar-refractivity contribution is 8.18. The van der Waals surface area contributed by atoms with Gasteiger partial charge in [-0.25, -0.2) is 0 Å². The largest absolute Gasteiger partial charge is 0.372 e. The second kappa shape index (κ2) is 7.94. The van der Waals surface area contributed by atoms with Crippen LogP contribution in [0, 0.1) is 0 Å². The van der Waals surface area contributed by atoms with E-state index in [9.17, 15) is 4.79 Å². The number of ether oxygens (including phenoxy) is 1. The SMILES string of the molecule is CCCCC[C@H]1OC(CC=O)CCC12SCCCS2. The number of carbonyl (C=O) groups is 1. The quantitative estimate of drug-likeness (QED) is 0.541. The third-order valence-electron chi connectivity index (χ3n) is 4.07. The molecule has 0 bridgehead atoms. The maximum atomic E-state index is 10.7. The van der Waals surface area contributed by atoms with Gasteiger partial charge in [0.05, 0.1) is 16.3 Å². The topological polar surface area (TPSA) is 26.3 Å². The van der Waals surface area contributed by atoms with Gasteiger partial charge in [-0.1, -0.05) is 26.2 Å². The lowest BCUT2D eigenvalue weighted by molar-refractivity contribution is -0.114. The van der Waals surface area contributed by atoms with Crippen molar-refractivity contribution in [3.63, 3.8) is 0 Å². The van der Waals surface area contributed by atoms with Gasteiger partial charge in [0, 0.05) is 6.42 Å². The van der Waals surface area contributed by atoms with E-state index in [0.717, 1.165) is 12.7 Å². The molecule has 2 aliphatic heterocycles. The zero-order valence-corrected chi connectivity index (χ0v) is 13.6. The maximum absolute atomic E-state index is 10.7. The molecule has 110 valence electrons. The molecule has 2 aliphatic rings. The Morgan fingerprint density at radius 3 is 2.79 bits per heavy atom. The lowest BCUT2D eigenvalue weighted by Crippen LogP contribution is -2.47. The minimum Gasteiger partial charge on any atom is -0.372 e. The van der Waals surface area contributed by atoms with E-state index in [-0.39, 0.29) is 6.10 Å². The summed E-state index contributed by atoms with van der Waals surface area (Å²) in [6.45, 7) is 2.25. The maximum Gasteiger partial charge on any atom is 0.122 e. The van der Waals surface area contributed by atoms with E-state index >= 15 is 0 Å². The van der Waals surface area contributed by atoms with Crippen molar-refractivity contribution in [1.29, 1.82) is 0 Å². The highest BCUT2D eigenvalue weighted by atomic mass is 32.2. The highest BCUT2D eigenvalue weighted by Crippen LogP contribution is 2.53. The molecule has 2 rings (SSSR count). The second-order valence-corrected chi connectivity index (χ2v) is 8.66. The van der Waals surface area contributed by atoms with Crippen LogP contribution in [0.4, 0.5) is 0 Å². The second-order valence-electron chi connectivity index (χ2n) is 5.55. The normalized spacial score (nSPS) is 30.4. The van der Waals surface area contributed by atoms with Gasteiger partial charge in [-0.3, -0.25) is 0 Å². The molecule has 0 amide bonds. The van der Waals surface area contributed by atoms with Crippen molar-refractivity contribution in [2.45, 2.75) is 74.6 Å². The molecule has 2 heterocycles. The summed E-state index contributed by atoms with van der Waals surface area (Å²) >= 11 is 4.24. The summed E-state index contributed by atoms with van der Waals surface area (Å²) in [6, 6.07) is 0. The lowest BCUT2D eigenvalue weighted by Gasteiger charge is -2.47. The predicted molar refractivity (Wildman–Crippen MR) is 85.0 cm³/mol. The predicted octanol–water partition coefficient (Wildman–Crippen LogP) is 4.27. The van der Waals surface area contributed by atoms with Crippen LogP contribution in [0.2, 0.25) is 0 Å². The molecule has 0 aromatic carbocycles. The number of aldehydes is 1. The van der Waals surface area contributed by atoms with Crippen LogP contribution < -0.4 is 0 Å². The summed E-state index contributed by atoms with van der Waals surface area (Å²) in [5, 5.41) is 0. The van der Waals surface area contributed by atoms with Crippen LogP contribution in [0.25, 0.3) is 0 Å². The highest BCUT2D eigenvalue weighted by Gasteiger charge is 2.45. The molecule has 0 aliphatic carbocycles. The molecule has 0 saturated carbocycles. The van der Waals surface area contributed by atoms with Crippen molar-refractivity contribution in [1.82, 2.24) is 0 Å². The molecule has 0 N–H and O–H groups in total. The molecular weight excluding hydrogens is 276 g/mol. The van der Waals surface area contributed by atoms with Crippen molar-refractivity contribution in [3.05, 3.63) is 0 Å². The molecule has 0 radical (unpaired) electrons. The fourth-order valence-corrected chi connectivity index (χ4v) is 6.52. The van der Waals surface area contributed by atoms with Crippen LogP contribution in [0.15, 0.2) is 0 Å². The smallest absolute Gasteiger partial charge is 0.122 e. The van der Waals surface area contributed by atoms with E-state index in [4.69, 9.17) is 4.74 Å². The van der Waals surface area contributed by atoms with Crippen LogP contribution in [0.3, 0.4) is 0 Å². The minimum absolute atomic E-state index is 0.179. The summed E-state index contributed by atoms with van der Waals surface area (Å²) in [5.41, 5.74) is 0. The van der Waals surface area contributed by atoms with Gasteiger partial charge in [-0.15, -0.1) is 23.5 Å². The molecule has 2 saturated heterocycles. The first kappa shape index (κ1) is 15.7. The summed E-state index contributed by atoms with van der Waals surface area (Å²) in [4.78, 5) is 10.7. The van der Waals surface area contributed by atoms with Crippen molar-refractivity contribution < 1.29 is 9.53 Å². The molecule has 2 fully saturated rings. The lowest BCUT2D eigenvalue weighted by atomic mass is 9.97. The van der Waals surface area contributed by atoms with Crippen LogP contribution in [-0.4, -0.2) is 34.1 Å². The van der Waals surface area contributed by atoms with Gasteiger partial charge >= 0.3 is 0 Å². The Morgan fingerprint density at radius 2 is 2.11 bits per heavy atom. The summed E-state index contributed by atoms with van der Waals surface area (Å²) < 4.78 is 6.59. The molecule has 2 atom stereocenters. The van der Waals surface area contributed by atoms with Crippen LogP contribution in [0.1, 0.15) is 58.3 Å².